The number of rotatable bonds is 9. The highest BCUT2D eigenvalue weighted by Crippen LogP contribution is 2.20. The Balaban J connectivity index is 1.99. The molecule has 0 spiro atoms. The zero-order chi connectivity index (χ0) is 19.6. The van der Waals surface area contributed by atoms with Gasteiger partial charge in [0.1, 0.15) is 5.75 Å². The number of ether oxygens (including phenoxy) is 2. The Morgan fingerprint density at radius 3 is 2.70 bits per heavy atom. The number of hydrogen-bond donors (Lipinski definition) is 1. The molecule has 7 heteroatoms. The number of amides is 2. The van der Waals surface area contributed by atoms with Crippen LogP contribution in [-0.2, 0) is 14.3 Å². The van der Waals surface area contributed by atoms with E-state index in [1.165, 1.54) is 0 Å². The van der Waals surface area contributed by atoms with Crippen LogP contribution in [0.1, 0.15) is 25.1 Å². The summed E-state index contributed by atoms with van der Waals surface area (Å²) in [5.41, 5.74) is 1.38. The van der Waals surface area contributed by atoms with Crippen molar-refractivity contribution in [3.05, 3.63) is 54.4 Å². The molecule has 0 fully saturated rings. The molecule has 1 aromatic carbocycles. The first-order valence-electron chi connectivity index (χ1n) is 8.73. The first-order chi connectivity index (χ1) is 13.0. The van der Waals surface area contributed by atoms with E-state index < -0.39 is 0 Å². The number of benzene rings is 1. The molecule has 1 aromatic heterocycles. The zero-order valence-electron chi connectivity index (χ0n) is 15.8. The Hall–Kier alpha value is -2.93. The number of carbonyl (C=O) groups excluding carboxylic acids is 2. The number of nitrogens with one attached hydrogen (secondary N) is 1. The average molecular weight is 371 g/mol. The number of aromatic nitrogens is 1. The fourth-order valence-electron chi connectivity index (χ4n) is 2.46. The molecule has 0 saturated heterocycles. The second kappa shape index (κ2) is 10.3. The lowest BCUT2D eigenvalue weighted by molar-refractivity contribution is -0.135. The molecule has 0 radical (unpaired) electrons. The molecule has 2 aromatic rings. The normalized spacial score (nSPS) is 11.5. The minimum atomic E-state index is -0.303. The van der Waals surface area contributed by atoms with Gasteiger partial charge in [-0.15, -0.1) is 0 Å². The molecule has 0 unspecified atom stereocenters. The minimum absolute atomic E-state index is 0.0827. The number of likely N-dealkylation sites (N-methyl/N-ethyl adjacent to an activating group) is 1. The fourth-order valence-corrected chi connectivity index (χ4v) is 2.46. The van der Waals surface area contributed by atoms with Crippen LogP contribution in [0, 0.1) is 0 Å². The lowest BCUT2D eigenvalue weighted by atomic mass is 10.1. The first-order valence-corrected chi connectivity index (χ1v) is 8.73. The highest BCUT2D eigenvalue weighted by Gasteiger charge is 2.23. The Labute approximate surface area is 159 Å². The molecule has 1 atom stereocenters. The molecule has 0 saturated carbocycles. The fraction of sp³-hybridized carbons (Fsp3) is 0.350. The van der Waals surface area contributed by atoms with Gasteiger partial charge in [0.15, 0.2) is 6.61 Å². The summed E-state index contributed by atoms with van der Waals surface area (Å²) in [7, 11) is 3.28. The van der Waals surface area contributed by atoms with Gasteiger partial charge in [0.05, 0.1) is 18.3 Å². The predicted octanol–water partition coefficient (Wildman–Crippen LogP) is 2.66. The Morgan fingerprint density at radius 1 is 1.22 bits per heavy atom. The van der Waals surface area contributed by atoms with Gasteiger partial charge in [-0.2, -0.15) is 0 Å². The molecule has 2 amide bonds. The summed E-state index contributed by atoms with van der Waals surface area (Å²) in [5.74, 6) is 0.221. The maximum atomic E-state index is 12.6. The summed E-state index contributed by atoms with van der Waals surface area (Å²) in [4.78, 5) is 29.9. The molecule has 144 valence electrons. The maximum absolute atomic E-state index is 12.6. The SMILES string of the molecule is CCC(=O)Nc1cccc(OCC(=O)N(C)[C@H](COC)c2ccccn2)c1. The molecule has 1 heterocycles. The van der Waals surface area contributed by atoms with Crippen molar-refractivity contribution in [2.45, 2.75) is 19.4 Å². The highest BCUT2D eigenvalue weighted by molar-refractivity contribution is 5.90. The smallest absolute Gasteiger partial charge is 0.260 e. The van der Waals surface area contributed by atoms with Crippen molar-refractivity contribution in [2.24, 2.45) is 0 Å². The minimum Gasteiger partial charge on any atom is -0.484 e. The first kappa shape index (κ1) is 20.4. The van der Waals surface area contributed by atoms with Crippen LogP contribution in [0.15, 0.2) is 48.7 Å². The van der Waals surface area contributed by atoms with E-state index in [1.54, 1.807) is 56.4 Å². The van der Waals surface area contributed by atoms with E-state index in [0.717, 1.165) is 5.69 Å². The Kier molecular flexibility index (Phi) is 7.76. The van der Waals surface area contributed by atoms with E-state index in [9.17, 15) is 9.59 Å². The van der Waals surface area contributed by atoms with Crippen molar-refractivity contribution < 1.29 is 19.1 Å². The maximum Gasteiger partial charge on any atom is 0.260 e. The van der Waals surface area contributed by atoms with E-state index in [2.05, 4.69) is 10.3 Å². The summed E-state index contributed by atoms with van der Waals surface area (Å²) in [5, 5.41) is 2.76. The van der Waals surface area contributed by atoms with Crippen LogP contribution < -0.4 is 10.1 Å². The van der Waals surface area contributed by atoms with Crippen molar-refractivity contribution >= 4 is 17.5 Å². The summed E-state index contributed by atoms with van der Waals surface area (Å²) < 4.78 is 10.8. The second-order valence-corrected chi connectivity index (χ2v) is 5.95. The summed E-state index contributed by atoms with van der Waals surface area (Å²) >= 11 is 0. The van der Waals surface area contributed by atoms with Gasteiger partial charge in [-0.05, 0) is 24.3 Å². The predicted molar refractivity (Wildman–Crippen MR) is 102 cm³/mol. The van der Waals surface area contributed by atoms with Gasteiger partial charge in [0.2, 0.25) is 5.91 Å². The molecule has 7 nitrogen and oxygen atoms in total. The third-order valence-corrected chi connectivity index (χ3v) is 4.02. The molecule has 27 heavy (non-hydrogen) atoms. The van der Waals surface area contributed by atoms with Gasteiger partial charge < -0.3 is 19.7 Å². The largest absolute Gasteiger partial charge is 0.484 e. The van der Waals surface area contributed by atoms with Crippen molar-refractivity contribution in [3.8, 4) is 5.75 Å². The Bertz CT molecular complexity index is 752. The molecular formula is C20H25N3O4. The van der Waals surface area contributed by atoms with E-state index in [1.807, 2.05) is 18.2 Å². The second-order valence-electron chi connectivity index (χ2n) is 5.95. The van der Waals surface area contributed by atoms with Crippen LogP contribution in [0.25, 0.3) is 0 Å². The zero-order valence-corrected chi connectivity index (χ0v) is 15.8. The number of methoxy groups -OCH3 is 1. The standard InChI is InChI=1S/C20H25N3O4/c1-4-19(24)22-15-8-7-9-16(12-15)27-14-20(25)23(2)18(13-26-3)17-10-5-6-11-21-17/h5-12,18H,4,13-14H2,1-3H3,(H,22,24)/t18-/m1/s1. The van der Waals surface area contributed by atoms with E-state index in [0.29, 0.717) is 24.5 Å². The molecule has 0 aliphatic rings. The van der Waals surface area contributed by atoms with E-state index in [-0.39, 0.29) is 24.5 Å². The van der Waals surface area contributed by atoms with Crippen LogP contribution in [-0.4, -0.2) is 49.1 Å². The van der Waals surface area contributed by atoms with Gasteiger partial charge in [0.25, 0.3) is 5.91 Å². The molecule has 2 rings (SSSR count). The molecular weight excluding hydrogens is 346 g/mol. The summed E-state index contributed by atoms with van der Waals surface area (Å²) in [6.07, 6.45) is 2.08. The van der Waals surface area contributed by atoms with Gasteiger partial charge in [-0.1, -0.05) is 19.1 Å². The third kappa shape index (κ3) is 6.07. The monoisotopic (exact) mass is 371 g/mol. The third-order valence-electron chi connectivity index (χ3n) is 4.02. The number of nitrogens with zero attached hydrogens (tertiary/aromatic N) is 2. The topological polar surface area (TPSA) is 80.8 Å². The summed E-state index contributed by atoms with van der Waals surface area (Å²) in [6.45, 7) is 1.98. The van der Waals surface area contributed by atoms with E-state index in [4.69, 9.17) is 9.47 Å². The number of pyridine rings is 1. The Morgan fingerprint density at radius 2 is 2.04 bits per heavy atom. The lowest BCUT2D eigenvalue weighted by Crippen LogP contribution is -2.37. The van der Waals surface area contributed by atoms with E-state index >= 15 is 0 Å². The van der Waals surface area contributed by atoms with Gasteiger partial charge in [-0.3, -0.25) is 14.6 Å². The number of anilines is 1. The van der Waals surface area contributed by atoms with Crippen LogP contribution in [0.5, 0.6) is 5.75 Å². The van der Waals surface area contributed by atoms with Crippen molar-refractivity contribution in [1.82, 2.24) is 9.88 Å². The lowest BCUT2D eigenvalue weighted by Gasteiger charge is -2.27. The average Bonchev–Trinajstić information content (AvgIpc) is 2.70. The van der Waals surface area contributed by atoms with Gasteiger partial charge in [-0.25, -0.2) is 0 Å². The van der Waals surface area contributed by atoms with Crippen molar-refractivity contribution in [1.29, 1.82) is 0 Å². The van der Waals surface area contributed by atoms with Gasteiger partial charge >= 0.3 is 0 Å². The van der Waals surface area contributed by atoms with Crippen molar-refractivity contribution in [3.63, 3.8) is 0 Å². The van der Waals surface area contributed by atoms with Gasteiger partial charge in [0, 0.05) is 38.5 Å². The highest BCUT2D eigenvalue weighted by atomic mass is 16.5. The van der Waals surface area contributed by atoms with Crippen LogP contribution in [0.2, 0.25) is 0 Å². The quantitative estimate of drug-likeness (QED) is 0.733. The van der Waals surface area contributed by atoms with Crippen LogP contribution in [0.4, 0.5) is 5.69 Å². The molecule has 0 bridgehead atoms. The molecule has 0 aliphatic carbocycles. The number of hydrogen-bond acceptors (Lipinski definition) is 5. The summed E-state index contributed by atoms with van der Waals surface area (Å²) in [6, 6.07) is 12.2. The molecule has 0 aliphatic heterocycles. The number of carbonyl (C=O) groups is 2. The van der Waals surface area contributed by atoms with Crippen LogP contribution >= 0.6 is 0 Å². The van der Waals surface area contributed by atoms with Crippen molar-refractivity contribution in [2.75, 3.05) is 32.7 Å². The molecule has 1 N–H and O–H groups in total. The van der Waals surface area contributed by atoms with Crippen LogP contribution in [0.3, 0.4) is 0 Å².